The highest BCUT2D eigenvalue weighted by Crippen LogP contribution is 2.27. The molecule has 1 N–H and O–H groups in total. The zero-order chi connectivity index (χ0) is 23.8. The number of aryl methyl sites for hydroxylation is 2. The number of sulfonamides is 1. The van der Waals surface area contributed by atoms with Crippen LogP contribution in [-0.4, -0.2) is 41.1 Å². The predicted octanol–water partition coefficient (Wildman–Crippen LogP) is 3.70. The van der Waals surface area contributed by atoms with Crippen molar-refractivity contribution in [2.75, 3.05) is 31.1 Å². The molecule has 3 aromatic carbocycles. The third-order valence-electron chi connectivity index (χ3n) is 4.95. The van der Waals surface area contributed by atoms with Gasteiger partial charge in [-0.15, -0.1) is 0 Å². The number of benzene rings is 3. The SMILES string of the molecule is COc1cccc(N(CC(=O)NCCOc2ccc(C)cc2)S(=O)(=O)c2ccc(C)cc2)c1. The Hall–Kier alpha value is -3.52. The van der Waals surface area contributed by atoms with Crippen molar-refractivity contribution in [3.8, 4) is 11.5 Å². The molecular weight excluding hydrogens is 440 g/mol. The average molecular weight is 469 g/mol. The van der Waals surface area contributed by atoms with Crippen molar-refractivity contribution in [2.24, 2.45) is 0 Å². The van der Waals surface area contributed by atoms with Crippen LogP contribution in [0.3, 0.4) is 0 Å². The molecule has 0 saturated heterocycles. The smallest absolute Gasteiger partial charge is 0.264 e. The van der Waals surface area contributed by atoms with Gasteiger partial charge >= 0.3 is 0 Å². The van der Waals surface area contributed by atoms with Crippen molar-refractivity contribution < 1.29 is 22.7 Å². The first kappa shape index (κ1) is 24.1. The highest BCUT2D eigenvalue weighted by Gasteiger charge is 2.27. The van der Waals surface area contributed by atoms with Crippen molar-refractivity contribution in [2.45, 2.75) is 18.7 Å². The summed E-state index contributed by atoms with van der Waals surface area (Å²) in [6.45, 7) is 3.99. The van der Waals surface area contributed by atoms with E-state index >= 15 is 0 Å². The monoisotopic (exact) mass is 468 g/mol. The number of nitrogens with one attached hydrogen (secondary N) is 1. The van der Waals surface area contributed by atoms with Crippen LogP contribution in [0.5, 0.6) is 11.5 Å². The molecule has 0 radical (unpaired) electrons. The largest absolute Gasteiger partial charge is 0.497 e. The Kier molecular flexibility index (Phi) is 7.95. The average Bonchev–Trinajstić information content (AvgIpc) is 2.81. The molecule has 0 heterocycles. The van der Waals surface area contributed by atoms with Gasteiger partial charge in [-0.25, -0.2) is 8.42 Å². The minimum Gasteiger partial charge on any atom is -0.497 e. The van der Waals surface area contributed by atoms with Gasteiger partial charge in [-0.3, -0.25) is 9.10 Å². The van der Waals surface area contributed by atoms with E-state index in [1.54, 1.807) is 36.4 Å². The van der Waals surface area contributed by atoms with E-state index in [0.717, 1.165) is 15.4 Å². The molecule has 174 valence electrons. The summed E-state index contributed by atoms with van der Waals surface area (Å²) in [6, 6.07) is 20.7. The molecule has 0 saturated carbocycles. The number of hydrogen-bond donors (Lipinski definition) is 1. The number of methoxy groups -OCH3 is 1. The van der Waals surface area contributed by atoms with E-state index in [4.69, 9.17) is 9.47 Å². The lowest BCUT2D eigenvalue weighted by Crippen LogP contribution is -2.41. The van der Waals surface area contributed by atoms with E-state index in [-0.39, 0.29) is 24.6 Å². The van der Waals surface area contributed by atoms with Crippen LogP contribution in [0.1, 0.15) is 11.1 Å². The molecule has 33 heavy (non-hydrogen) atoms. The zero-order valence-corrected chi connectivity index (χ0v) is 19.8. The summed E-state index contributed by atoms with van der Waals surface area (Å²) >= 11 is 0. The number of rotatable bonds is 10. The van der Waals surface area contributed by atoms with Gasteiger partial charge in [0, 0.05) is 6.07 Å². The van der Waals surface area contributed by atoms with Crippen LogP contribution in [0, 0.1) is 13.8 Å². The number of carbonyl (C=O) groups is 1. The number of carbonyl (C=O) groups excluding carboxylic acids is 1. The second kappa shape index (κ2) is 10.9. The molecule has 3 rings (SSSR count). The van der Waals surface area contributed by atoms with Crippen molar-refractivity contribution >= 4 is 21.6 Å². The Bertz CT molecular complexity index is 1180. The molecule has 0 unspecified atom stereocenters. The highest BCUT2D eigenvalue weighted by molar-refractivity contribution is 7.92. The Morgan fingerprint density at radius 3 is 2.18 bits per heavy atom. The number of hydrogen-bond acceptors (Lipinski definition) is 5. The third kappa shape index (κ3) is 6.49. The normalized spacial score (nSPS) is 11.0. The lowest BCUT2D eigenvalue weighted by atomic mass is 10.2. The lowest BCUT2D eigenvalue weighted by molar-refractivity contribution is -0.119. The third-order valence-corrected chi connectivity index (χ3v) is 6.74. The van der Waals surface area contributed by atoms with Crippen LogP contribution < -0.4 is 19.1 Å². The van der Waals surface area contributed by atoms with Gasteiger partial charge in [0.15, 0.2) is 0 Å². The molecule has 3 aromatic rings. The van der Waals surface area contributed by atoms with E-state index in [1.807, 2.05) is 38.1 Å². The fourth-order valence-electron chi connectivity index (χ4n) is 3.10. The van der Waals surface area contributed by atoms with Crippen LogP contribution in [0.4, 0.5) is 5.69 Å². The Balaban J connectivity index is 1.72. The molecular formula is C25H28N2O5S. The number of nitrogens with zero attached hydrogens (tertiary/aromatic N) is 1. The molecule has 7 nitrogen and oxygen atoms in total. The molecule has 0 aliphatic heterocycles. The number of amides is 1. The second-order valence-electron chi connectivity index (χ2n) is 7.54. The fraction of sp³-hybridized carbons (Fsp3) is 0.240. The van der Waals surface area contributed by atoms with Gasteiger partial charge in [-0.2, -0.15) is 0 Å². The van der Waals surface area contributed by atoms with E-state index in [2.05, 4.69) is 5.32 Å². The molecule has 8 heteroatoms. The van der Waals surface area contributed by atoms with Crippen LogP contribution in [-0.2, 0) is 14.8 Å². The quantitative estimate of drug-likeness (QED) is 0.459. The van der Waals surface area contributed by atoms with Crippen LogP contribution in [0.2, 0.25) is 0 Å². The van der Waals surface area contributed by atoms with Gasteiger partial charge in [0.25, 0.3) is 10.0 Å². The first-order valence-electron chi connectivity index (χ1n) is 10.5. The van der Waals surface area contributed by atoms with E-state index in [1.165, 1.54) is 19.2 Å². The summed E-state index contributed by atoms with van der Waals surface area (Å²) in [5.41, 5.74) is 2.40. The molecule has 0 atom stereocenters. The van der Waals surface area contributed by atoms with Crippen LogP contribution in [0.15, 0.2) is 77.7 Å². The zero-order valence-electron chi connectivity index (χ0n) is 18.9. The lowest BCUT2D eigenvalue weighted by Gasteiger charge is -2.24. The minimum atomic E-state index is -3.98. The highest BCUT2D eigenvalue weighted by atomic mass is 32.2. The maximum atomic E-state index is 13.4. The number of ether oxygens (including phenoxy) is 2. The van der Waals surface area contributed by atoms with E-state index in [0.29, 0.717) is 17.2 Å². The molecule has 0 fully saturated rings. The summed E-state index contributed by atoms with van der Waals surface area (Å²) in [7, 11) is -2.48. The van der Waals surface area contributed by atoms with Crippen molar-refractivity contribution in [1.82, 2.24) is 5.32 Å². The Labute approximate surface area is 195 Å². The maximum Gasteiger partial charge on any atom is 0.264 e. The summed E-state index contributed by atoms with van der Waals surface area (Å²) in [4.78, 5) is 12.8. The van der Waals surface area contributed by atoms with Gasteiger partial charge in [0.05, 0.1) is 24.2 Å². The molecule has 0 aliphatic carbocycles. The standard InChI is InChI=1S/C25H28N2O5S/c1-19-7-11-22(12-8-19)32-16-15-26-25(28)18-27(21-5-4-6-23(17-21)31-3)33(29,30)24-13-9-20(2)10-14-24/h4-14,17H,15-16,18H2,1-3H3,(H,26,28). The second-order valence-corrected chi connectivity index (χ2v) is 9.40. The molecule has 0 aromatic heterocycles. The first-order chi connectivity index (χ1) is 15.8. The molecule has 0 spiro atoms. The van der Waals surface area contributed by atoms with Gasteiger partial charge in [-0.05, 0) is 50.2 Å². The fourth-order valence-corrected chi connectivity index (χ4v) is 4.51. The Morgan fingerprint density at radius 1 is 0.909 bits per heavy atom. The minimum absolute atomic E-state index is 0.103. The Morgan fingerprint density at radius 2 is 1.55 bits per heavy atom. The van der Waals surface area contributed by atoms with Gasteiger partial charge in [0.1, 0.15) is 24.7 Å². The molecule has 0 aliphatic rings. The van der Waals surface area contributed by atoms with E-state index < -0.39 is 15.9 Å². The molecule has 1 amide bonds. The van der Waals surface area contributed by atoms with Gasteiger partial charge in [0.2, 0.25) is 5.91 Å². The summed E-state index contributed by atoms with van der Waals surface area (Å²) < 4.78 is 38.7. The topological polar surface area (TPSA) is 84.9 Å². The van der Waals surface area contributed by atoms with Gasteiger partial charge in [-0.1, -0.05) is 41.5 Å². The van der Waals surface area contributed by atoms with Crippen molar-refractivity contribution in [3.05, 3.63) is 83.9 Å². The van der Waals surface area contributed by atoms with Gasteiger partial charge < -0.3 is 14.8 Å². The summed E-state index contributed by atoms with van der Waals surface area (Å²) in [5.74, 6) is 0.749. The summed E-state index contributed by atoms with van der Waals surface area (Å²) in [6.07, 6.45) is 0. The van der Waals surface area contributed by atoms with Crippen molar-refractivity contribution in [3.63, 3.8) is 0 Å². The van der Waals surface area contributed by atoms with Crippen molar-refractivity contribution in [1.29, 1.82) is 0 Å². The summed E-state index contributed by atoms with van der Waals surface area (Å²) in [5, 5.41) is 2.72. The first-order valence-corrected chi connectivity index (χ1v) is 11.9. The molecule has 0 bridgehead atoms. The van der Waals surface area contributed by atoms with E-state index in [9.17, 15) is 13.2 Å². The van der Waals surface area contributed by atoms with Crippen LogP contribution >= 0.6 is 0 Å². The number of anilines is 1. The van der Waals surface area contributed by atoms with Crippen LogP contribution in [0.25, 0.3) is 0 Å². The predicted molar refractivity (Wildman–Crippen MR) is 128 cm³/mol. The maximum absolute atomic E-state index is 13.4.